The van der Waals surface area contributed by atoms with Crippen LogP contribution >= 0.6 is 11.6 Å². The standard InChI is InChI=1S/C21H18ClF3N2O3/c1-12(28)11-27-9-8-15-16(20(27)30)6-7-17(22)19(15)26-18(29)10-13-2-4-14(5-3-13)21(23,24)25/h2-9,12,28H,10-11H2,1H3,(H,26,29)/t12-/m1/s1. The summed E-state index contributed by atoms with van der Waals surface area (Å²) in [5.41, 5.74) is -0.496. The zero-order valence-electron chi connectivity index (χ0n) is 15.8. The average Bonchev–Trinajstić information content (AvgIpc) is 2.65. The van der Waals surface area contributed by atoms with Crippen molar-refractivity contribution < 1.29 is 23.1 Å². The van der Waals surface area contributed by atoms with Crippen LogP contribution in [0.4, 0.5) is 18.9 Å². The Morgan fingerprint density at radius 2 is 1.80 bits per heavy atom. The van der Waals surface area contributed by atoms with E-state index in [4.69, 9.17) is 11.6 Å². The quantitative estimate of drug-likeness (QED) is 0.626. The van der Waals surface area contributed by atoms with Crippen LogP contribution in [0.3, 0.4) is 0 Å². The fraction of sp³-hybridized carbons (Fsp3) is 0.238. The summed E-state index contributed by atoms with van der Waals surface area (Å²) in [6.07, 6.45) is -3.82. The normalized spacial score (nSPS) is 12.7. The summed E-state index contributed by atoms with van der Waals surface area (Å²) in [5.74, 6) is -0.489. The lowest BCUT2D eigenvalue weighted by Gasteiger charge is -2.14. The Morgan fingerprint density at radius 3 is 2.40 bits per heavy atom. The number of aliphatic hydroxyl groups is 1. The van der Waals surface area contributed by atoms with Gasteiger partial charge in [0.15, 0.2) is 0 Å². The largest absolute Gasteiger partial charge is 0.416 e. The second-order valence-corrected chi connectivity index (χ2v) is 7.33. The number of pyridine rings is 1. The molecule has 158 valence electrons. The molecule has 0 saturated heterocycles. The molecule has 2 aromatic carbocycles. The lowest BCUT2D eigenvalue weighted by atomic mass is 10.1. The predicted molar refractivity (Wildman–Crippen MR) is 109 cm³/mol. The van der Waals surface area contributed by atoms with Gasteiger partial charge in [0, 0.05) is 17.0 Å². The highest BCUT2D eigenvalue weighted by molar-refractivity contribution is 6.35. The van der Waals surface area contributed by atoms with Crippen molar-refractivity contribution in [3.05, 3.63) is 75.2 Å². The van der Waals surface area contributed by atoms with Crippen LogP contribution < -0.4 is 10.9 Å². The van der Waals surface area contributed by atoms with Crippen LogP contribution in [0.15, 0.2) is 53.5 Å². The van der Waals surface area contributed by atoms with E-state index in [9.17, 15) is 27.9 Å². The van der Waals surface area contributed by atoms with Crippen molar-refractivity contribution in [2.24, 2.45) is 0 Å². The lowest BCUT2D eigenvalue weighted by molar-refractivity contribution is -0.137. The Hall–Kier alpha value is -2.84. The number of carbonyl (C=O) groups is 1. The summed E-state index contributed by atoms with van der Waals surface area (Å²) in [5, 5.41) is 13.1. The summed E-state index contributed by atoms with van der Waals surface area (Å²) in [7, 11) is 0. The van der Waals surface area contributed by atoms with Gasteiger partial charge in [-0.15, -0.1) is 0 Å². The van der Waals surface area contributed by atoms with Crippen LogP contribution in [0.25, 0.3) is 10.8 Å². The van der Waals surface area contributed by atoms with Crippen LogP contribution in [0.2, 0.25) is 5.02 Å². The summed E-state index contributed by atoms with van der Waals surface area (Å²) in [6.45, 7) is 1.68. The number of amides is 1. The van der Waals surface area contributed by atoms with Gasteiger partial charge in [0.2, 0.25) is 5.91 Å². The summed E-state index contributed by atoms with van der Waals surface area (Å²) in [6, 6.07) is 8.93. The van der Waals surface area contributed by atoms with Crippen molar-refractivity contribution in [2.45, 2.75) is 32.2 Å². The first-order valence-electron chi connectivity index (χ1n) is 9.02. The molecule has 2 N–H and O–H groups in total. The second kappa shape index (κ2) is 8.49. The maximum Gasteiger partial charge on any atom is 0.416 e. The first-order chi connectivity index (χ1) is 14.1. The fourth-order valence-electron chi connectivity index (χ4n) is 3.08. The first kappa shape index (κ1) is 21.9. The SMILES string of the molecule is C[C@@H](O)Cn1ccc2c(NC(=O)Cc3ccc(C(F)(F)F)cc3)c(Cl)ccc2c1=O. The van der Waals surface area contributed by atoms with Crippen molar-refractivity contribution in [1.29, 1.82) is 0 Å². The molecule has 1 atom stereocenters. The van der Waals surface area contributed by atoms with E-state index in [2.05, 4.69) is 5.32 Å². The molecule has 0 spiro atoms. The minimum absolute atomic E-state index is 0.118. The third-order valence-electron chi connectivity index (χ3n) is 4.48. The number of carbonyl (C=O) groups excluding carboxylic acids is 1. The maximum absolute atomic E-state index is 12.7. The maximum atomic E-state index is 12.7. The molecule has 1 amide bonds. The van der Waals surface area contributed by atoms with Crippen molar-refractivity contribution in [3.8, 4) is 0 Å². The van der Waals surface area contributed by atoms with E-state index in [-0.39, 0.29) is 29.2 Å². The summed E-state index contributed by atoms with van der Waals surface area (Å²) < 4.78 is 39.3. The van der Waals surface area contributed by atoms with E-state index in [0.29, 0.717) is 16.3 Å². The van der Waals surface area contributed by atoms with E-state index in [1.54, 1.807) is 13.0 Å². The van der Waals surface area contributed by atoms with Crippen molar-refractivity contribution >= 4 is 34.0 Å². The number of hydrogen-bond acceptors (Lipinski definition) is 3. The fourth-order valence-corrected chi connectivity index (χ4v) is 3.29. The molecule has 3 rings (SSSR count). The van der Waals surface area contributed by atoms with Gasteiger partial charge >= 0.3 is 6.18 Å². The predicted octanol–water partition coefficient (Wildman–Crippen LogP) is 4.24. The molecular weight excluding hydrogens is 421 g/mol. The van der Waals surface area contributed by atoms with Crippen LogP contribution in [0.5, 0.6) is 0 Å². The number of rotatable bonds is 5. The highest BCUT2D eigenvalue weighted by atomic mass is 35.5. The number of anilines is 1. The van der Waals surface area contributed by atoms with Gasteiger partial charge in [0.1, 0.15) is 0 Å². The molecule has 3 aromatic rings. The number of nitrogens with one attached hydrogen (secondary N) is 1. The van der Waals surface area contributed by atoms with E-state index in [1.807, 2.05) is 0 Å². The Kier molecular flexibility index (Phi) is 6.19. The minimum atomic E-state index is -4.45. The number of aliphatic hydroxyl groups excluding tert-OH is 1. The zero-order chi connectivity index (χ0) is 22.1. The summed E-state index contributed by atoms with van der Waals surface area (Å²) >= 11 is 6.21. The molecule has 5 nitrogen and oxygen atoms in total. The number of fused-ring (bicyclic) bond motifs is 1. The Bertz CT molecular complexity index is 1140. The van der Waals surface area contributed by atoms with Crippen LogP contribution in [-0.4, -0.2) is 21.7 Å². The molecule has 30 heavy (non-hydrogen) atoms. The molecule has 0 aliphatic heterocycles. The Labute approximate surface area is 174 Å². The van der Waals surface area contributed by atoms with Crippen LogP contribution in [0.1, 0.15) is 18.1 Å². The first-order valence-corrected chi connectivity index (χ1v) is 9.40. The molecule has 0 unspecified atom stereocenters. The van der Waals surface area contributed by atoms with Gasteiger partial charge in [0.25, 0.3) is 5.56 Å². The van der Waals surface area contributed by atoms with E-state index < -0.39 is 23.8 Å². The third-order valence-corrected chi connectivity index (χ3v) is 4.79. The molecule has 0 saturated carbocycles. The summed E-state index contributed by atoms with van der Waals surface area (Å²) in [4.78, 5) is 25.1. The number of benzene rings is 2. The number of nitrogens with zero attached hydrogens (tertiary/aromatic N) is 1. The minimum Gasteiger partial charge on any atom is -0.392 e. The molecule has 1 heterocycles. The molecule has 1 aromatic heterocycles. The van der Waals surface area contributed by atoms with Gasteiger partial charge in [-0.2, -0.15) is 13.2 Å². The van der Waals surface area contributed by atoms with Crippen LogP contribution in [0, 0.1) is 0 Å². The second-order valence-electron chi connectivity index (χ2n) is 6.93. The highest BCUT2D eigenvalue weighted by Crippen LogP contribution is 2.31. The molecule has 0 radical (unpaired) electrons. The van der Waals surface area contributed by atoms with Gasteiger partial charge in [-0.3, -0.25) is 9.59 Å². The molecule has 0 aliphatic rings. The zero-order valence-corrected chi connectivity index (χ0v) is 16.6. The molecule has 0 fully saturated rings. The van der Waals surface area contributed by atoms with Crippen LogP contribution in [-0.2, 0) is 23.9 Å². The number of aromatic nitrogens is 1. The van der Waals surface area contributed by atoms with Crippen molar-refractivity contribution in [2.75, 3.05) is 5.32 Å². The Morgan fingerprint density at radius 1 is 1.13 bits per heavy atom. The average molecular weight is 439 g/mol. The molecular formula is C21H18ClF3N2O3. The van der Waals surface area contributed by atoms with Crippen molar-refractivity contribution in [3.63, 3.8) is 0 Å². The van der Waals surface area contributed by atoms with Gasteiger partial charge in [0.05, 0.1) is 35.3 Å². The Balaban J connectivity index is 1.86. The highest BCUT2D eigenvalue weighted by Gasteiger charge is 2.30. The van der Waals surface area contributed by atoms with E-state index in [1.165, 1.54) is 35.0 Å². The van der Waals surface area contributed by atoms with Gasteiger partial charge in [-0.1, -0.05) is 23.7 Å². The smallest absolute Gasteiger partial charge is 0.392 e. The molecule has 0 bridgehead atoms. The third kappa shape index (κ3) is 4.83. The monoisotopic (exact) mass is 438 g/mol. The molecule has 9 heteroatoms. The number of halogens is 4. The molecule has 0 aliphatic carbocycles. The lowest BCUT2D eigenvalue weighted by Crippen LogP contribution is -2.25. The van der Waals surface area contributed by atoms with E-state index in [0.717, 1.165) is 12.1 Å². The number of hydrogen-bond donors (Lipinski definition) is 2. The van der Waals surface area contributed by atoms with Gasteiger partial charge in [-0.05, 0) is 42.8 Å². The van der Waals surface area contributed by atoms with Gasteiger partial charge < -0.3 is 15.0 Å². The topological polar surface area (TPSA) is 71.3 Å². The number of alkyl halides is 3. The van der Waals surface area contributed by atoms with Crippen molar-refractivity contribution in [1.82, 2.24) is 4.57 Å². The van der Waals surface area contributed by atoms with E-state index >= 15 is 0 Å². The van der Waals surface area contributed by atoms with Gasteiger partial charge in [-0.25, -0.2) is 0 Å².